The highest BCUT2D eigenvalue weighted by Crippen LogP contribution is 2.17. The molecule has 3 heteroatoms. The average Bonchev–Trinajstić information content (AvgIpc) is 2.33. The van der Waals surface area contributed by atoms with Gasteiger partial charge in [-0.3, -0.25) is 4.79 Å². The molecular formula is C9H12N2O. The van der Waals surface area contributed by atoms with Crippen LogP contribution in [0.25, 0.3) is 0 Å². The van der Waals surface area contributed by atoms with Gasteiger partial charge in [0.05, 0.1) is 0 Å². The molecule has 1 N–H and O–H groups in total. The summed E-state index contributed by atoms with van der Waals surface area (Å²) in [5.74, 6) is 1.06. The van der Waals surface area contributed by atoms with Crippen LogP contribution in [0, 0.1) is 6.92 Å². The Morgan fingerprint density at radius 2 is 2.08 bits per heavy atom. The molecule has 3 nitrogen and oxygen atoms in total. The molecule has 0 bridgehead atoms. The second kappa shape index (κ2) is 2.73. The normalized spacial score (nSPS) is 17.2. The van der Waals surface area contributed by atoms with E-state index in [2.05, 4.69) is 9.97 Å². The first-order chi connectivity index (χ1) is 5.77. The highest BCUT2D eigenvalue weighted by atomic mass is 16.1. The lowest BCUT2D eigenvalue weighted by molar-refractivity contribution is 0.0977. The van der Waals surface area contributed by atoms with E-state index in [1.54, 1.807) is 0 Å². The third-order valence-electron chi connectivity index (χ3n) is 2.24. The van der Waals surface area contributed by atoms with Crippen molar-refractivity contribution in [2.24, 2.45) is 0 Å². The first-order valence-electron chi connectivity index (χ1n) is 4.36. The molecule has 0 amide bonds. The van der Waals surface area contributed by atoms with Crippen molar-refractivity contribution in [3.8, 4) is 0 Å². The van der Waals surface area contributed by atoms with Crippen LogP contribution in [0.15, 0.2) is 0 Å². The third-order valence-corrected chi connectivity index (χ3v) is 2.24. The van der Waals surface area contributed by atoms with Crippen molar-refractivity contribution in [2.45, 2.75) is 32.6 Å². The monoisotopic (exact) mass is 164 g/mol. The zero-order valence-corrected chi connectivity index (χ0v) is 7.18. The van der Waals surface area contributed by atoms with Crippen molar-refractivity contribution in [1.82, 2.24) is 9.97 Å². The van der Waals surface area contributed by atoms with E-state index in [1.807, 2.05) is 6.92 Å². The lowest BCUT2D eigenvalue weighted by Crippen LogP contribution is -1.99. The molecule has 2 rings (SSSR count). The Kier molecular flexibility index (Phi) is 1.71. The zero-order valence-electron chi connectivity index (χ0n) is 7.18. The van der Waals surface area contributed by atoms with Crippen molar-refractivity contribution < 1.29 is 4.79 Å². The van der Waals surface area contributed by atoms with Crippen LogP contribution >= 0.6 is 0 Å². The van der Waals surface area contributed by atoms with Gasteiger partial charge >= 0.3 is 0 Å². The number of hydrogen-bond acceptors (Lipinski definition) is 2. The van der Waals surface area contributed by atoms with Gasteiger partial charge in [-0.25, -0.2) is 4.98 Å². The largest absolute Gasteiger partial charge is 0.345 e. The Morgan fingerprint density at radius 3 is 2.92 bits per heavy atom. The minimum absolute atomic E-state index is 0.201. The highest BCUT2D eigenvalue weighted by molar-refractivity contribution is 5.95. The summed E-state index contributed by atoms with van der Waals surface area (Å²) in [4.78, 5) is 18.8. The minimum atomic E-state index is 0.201. The van der Waals surface area contributed by atoms with Crippen LogP contribution in [-0.4, -0.2) is 15.8 Å². The maximum Gasteiger partial charge on any atom is 0.183 e. The molecule has 0 atom stereocenters. The Balaban J connectivity index is 2.44. The van der Waals surface area contributed by atoms with E-state index >= 15 is 0 Å². The van der Waals surface area contributed by atoms with Gasteiger partial charge in [0, 0.05) is 12.1 Å². The van der Waals surface area contributed by atoms with Gasteiger partial charge in [-0.15, -0.1) is 0 Å². The van der Waals surface area contributed by atoms with Gasteiger partial charge in [-0.1, -0.05) is 0 Å². The Hall–Kier alpha value is -1.12. The van der Waals surface area contributed by atoms with Gasteiger partial charge < -0.3 is 4.98 Å². The third kappa shape index (κ3) is 1.15. The van der Waals surface area contributed by atoms with E-state index in [9.17, 15) is 4.79 Å². The van der Waals surface area contributed by atoms with Gasteiger partial charge in [-0.05, 0) is 26.2 Å². The summed E-state index contributed by atoms with van der Waals surface area (Å²) in [6, 6.07) is 0. The number of nitrogens with one attached hydrogen (secondary N) is 1. The van der Waals surface area contributed by atoms with E-state index in [0.29, 0.717) is 12.1 Å². The summed E-state index contributed by atoms with van der Waals surface area (Å²) in [5, 5.41) is 0. The second-order valence-electron chi connectivity index (χ2n) is 3.28. The molecule has 64 valence electrons. The SMILES string of the molecule is Cc1nc2c([nH]1)CCCCC2=O. The van der Waals surface area contributed by atoms with Gasteiger partial charge in [-0.2, -0.15) is 0 Å². The Morgan fingerprint density at radius 1 is 1.33 bits per heavy atom. The quantitative estimate of drug-likeness (QED) is 0.592. The summed E-state index contributed by atoms with van der Waals surface area (Å²) < 4.78 is 0. The van der Waals surface area contributed by atoms with E-state index in [4.69, 9.17) is 0 Å². The molecule has 0 fully saturated rings. The Labute approximate surface area is 71.2 Å². The first-order valence-corrected chi connectivity index (χ1v) is 4.36. The summed E-state index contributed by atoms with van der Waals surface area (Å²) >= 11 is 0. The summed E-state index contributed by atoms with van der Waals surface area (Å²) in [7, 11) is 0. The van der Waals surface area contributed by atoms with Crippen molar-refractivity contribution >= 4 is 5.78 Å². The fraction of sp³-hybridized carbons (Fsp3) is 0.556. The van der Waals surface area contributed by atoms with Crippen molar-refractivity contribution in [3.63, 3.8) is 0 Å². The van der Waals surface area contributed by atoms with Crippen LogP contribution in [0.5, 0.6) is 0 Å². The molecule has 12 heavy (non-hydrogen) atoms. The van der Waals surface area contributed by atoms with Crippen LogP contribution < -0.4 is 0 Å². The number of Topliss-reactive ketones (excluding diaryl/α,β-unsaturated/α-hetero) is 1. The van der Waals surface area contributed by atoms with Gasteiger partial charge in [0.1, 0.15) is 11.5 Å². The predicted octanol–water partition coefficient (Wildman–Crippen LogP) is 1.63. The maximum absolute atomic E-state index is 11.4. The molecule has 0 saturated heterocycles. The fourth-order valence-corrected chi connectivity index (χ4v) is 1.66. The number of carbonyl (C=O) groups excluding carboxylic acids is 1. The van der Waals surface area contributed by atoms with E-state index in [-0.39, 0.29) is 5.78 Å². The first kappa shape index (κ1) is 7.53. The Bertz CT molecular complexity index is 314. The number of H-pyrrole nitrogens is 1. The fourth-order valence-electron chi connectivity index (χ4n) is 1.66. The molecule has 1 aliphatic rings. The maximum atomic E-state index is 11.4. The van der Waals surface area contributed by atoms with E-state index in [1.165, 1.54) is 0 Å². The predicted molar refractivity (Wildman–Crippen MR) is 45.2 cm³/mol. The summed E-state index contributed by atoms with van der Waals surface area (Å²) in [5.41, 5.74) is 1.72. The molecule has 0 spiro atoms. The number of fused-ring (bicyclic) bond motifs is 1. The number of rotatable bonds is 0. The number of hydrogen-bond donors (Lipinski definition) is 1. The number of imidazole rings is 1. The van der Waals surface area contributed by atoms with Gasteiger partial charge in [0.25, 0.3) is 0 Å². The molecule has 1 heterocycles. The molecule has 1 aromatic heterocycles. The molecular weight excluding hydrogens is 152 g/mol. The van der Waals surface area contributed by atoms with Gasteiger partial charge in [0.15, 0.2) is 5.78 Å². The van der Waals surface area contributed by atoms with Crippen LogP contribution in [0.4, 0.5) is 0 Å². The van der Waals surface area contributed by atoms with Crippen molar-refractivity contribution in [1.29, 1.82) is 0 Å². The number of aryl methyl sites for hydroxylation is 2. The molecule has 0 unspecified atom stereocenters. The molecule has 0 radical (unpaired) electrons. The number of aromatic nitrogens is 2. The lowest BCUT2D eigenvalue weighted by atomic mass is 10.2. The number of aromatic amines is 1. The molecule has 0 saturated carbocycles. The standard InChI is InChI=1S/C9H12N2O/c1-6-10-7-4-2-3-5-8(12)9(7)11-6/h2-5H2,1H3,(H,10,11). The second-order valence-corrected chi connectivity index (χ2v) is 3.28. The van der Waals surface area contributed by atoms with Crippen LogP contribution in [0.3, 0.4) is 0 Å². The van der Waals surface area contributed by atoms with E-state index in [0.717, 1.165) is 30.8 Å². The number of nitrogens with zero attached hydrogens (tertiary/aromatic N) is 1. The molecule has 1 aliphatic carbocycles. The number of ketones is 1. The molecule has 0 aliphatic heterocycles. The van der Waals surface area contributed by atoms with Gasteiger partial charge in [0.2, 0.25) is 0 Å². The van der Waals surface area contributed by atoms with E-state index < -0.39 is 0 Å². The average molecular weight is 164 g/mol. The summed E-state index contributed by atoms with van der Waals surface area (Å²) in [6.45, 7) is 1.89. The van der Waals surface area contributed by atoms with Crippen LogP contribution in [0.1, 0.15) is 41.3 Å². The summed E-state index contributed by atoms with van der Waals surface area (Å²) in [6.07, 6.45) is 3.74. The van der Waals surface area contributed by atoms with Crippen molar-refractivity contribution in [2.75, 3.05) is 0 Å². The molecule has 0 aromatic carbocycles. The lowest BCUT2D eigenvalue weighted by Gasteiger charge is -1.91. The minimum Gasteiger partial charge on any atom is -0.345 e. The smallest absolute Gasteiger partial charge is 0.183 e. The van der Waals surface area contributed by atoms with Crippen LogP contribution in [0.2, 0.25) is 0 Å². The number of carbonyl (C=O) groups is 1. The zero-order chi connectivity index (χ0) is 8.55. The highest BCUT2D eigenvalue weighted by Gasteiger charge is 2.18. The molecule has 1 aromatic rings. The topological polar surface area (TPSA) is 45.8 Å². The van der Waals surface area contributed by atoms with Crippen molar-refractivity contribution in [3.05, 3.63) is 17.2 Å². The van der Waals surface area contributed by atoms with Crippen LogP contribution in [-0.2, 0) is 6.42 Å².